The van der Waals surface area contributed by atoms with Gasteiger partial charge in [-0.25, -0.2) is 14.6 Å². The van der Waals surface area contributed by atoms with E-state index in [1.807, 2.05) is 32.0 Å². The molecule has 10 heteroatoms. The second kappa shape index (κ2) is 10.3. The molecule has 0 atom stereocenters. The van der Waals surface area contributed by atoms with Crippen LogP contribution in [-0.4, -0.2) is 65.6 Å². The molecule has 1 aliphatic rings. The Labute approximate surface area is 185 Å². The van der Waals surface area contributed by atoms with E-state index >= 15 is 0 Å². The summed E-state index contributed by atoms with van der Waals surface area (Å²) in [6, 6.07) is 5.60. The van der Waals surface area contributed by atoms with Crippen molar-refractivity contribution in [3.63, 3.8) is 0 Å². The predicted molar refractivity (Wildman–Crippen MR) is 120 cm³/mol. The van der Waals surface area contributed by atoms with E-state index in [0.717, 1.165) is 16.8 Å². The van der Waals surface area contributed by atoms with E-state index in [0.29, 0.717) is 43.6 Å². The Bertz CT molecular complexity index is 933. The molecule has 0 spiro atoms. The van der Waals surface area contributed by atoms with Gasteiger partial charge in [-0.3, -0.25) is 10.1 Å². The Kier molecular flexibility index (Phi) is 7.45. The van der Waals surface area contributed by atoms with E-state index in [1.165, 1.54) is 11.3 Å². The van der Waals surface area contributed by atoms with Crippen molar-refractivity contribution in [2.45, 2.75) is 27.2 Å². The molecule has 166 valence electrons. The van der Waals surface area contributed by atoms with Gasteiger partial charge in [-0.05, 0) is 44.0 Å². The molecule has 0 unspecified atom stereocenters. The zero-order chi connectivity index (χ0) is 22.4. The second-order valence-corrected chi connectivity index (χ2v) is 8.21. The fourth-order valence-electron chi connectivity index (χ4n) is 3.34. The summed E-state index contributed by atoms with van der Waals surface area (Å²) in [5.41, 5.74) is 3.51. The maximum atomic E-state index is 12.5. The highest BCUT2D eigenvalue weighted by Crippen LogP contribution is 2.18. The molecular weight excluding hydrogens is 418 g/mol. The third-order valence-electron chi connectivity index (χ3n) is 4.71. The normalized spacial score (nSPS) is 13.6. The fourth-order valence-corrected chi connectivity index (χ4v) is 4.04. The summed E-state index contributed by atoms with van der Waals surface area (Å²) < 4.78 is 4.98. The van der Waals surface area contributed by atoms with Crippen molar-refractivity contribution in [3.8, 4) is 0 Å². The van der Waals surface area contributed by atoms with Gasteiger partial charge in [-0.15, -0.1) is 11.3 Å². The minimum atomic E-state index is -0.355. The first-order valence-corrected chi connectivity index (χ1v) is 11.0. The number of thiazole rings is 1. The predicted octanol–water partition coefficient (Wildman–Crippen LogP) is 3.25. The number of carbonyl (C=O) groups excluding carboxylic acids is 3. The van der Waals surface area contributed by atoms with Crippen LogP contribution in [0.15, 0.2) is 23.6 Å². The smallest absolute Gasteiger partial charge is 0.409 e. The average Bonchev–Trinajstić information content (AvgIpc) is 3.13. The lowest BCUT2D eigenvalue weighted by Gasteiger charge is -2.33. The molecule has 0 bridgehead atoms. The van der Waals surface area contributed by atoms with Crippen molar-refractivity contribution in [1.82, 2.24) is 14.8 Å². The number of nitrogens with one attached hydrogen (secondary N) is 2. The quantitative estimate of drug-likeness (QED) is 0.735. The van der Waals surface area contributed by atoms with Gasteiger partial charge in [0.1, 0.15) is 0 Å². The Balaban J connectivity index is 1.48. The molecule has 2 N–H and O–H groups in total. The maximum Gasteiger partial charge on any atom is 0.409 e. The van der Waals surface area contributed by atoms with E-state index in [9.17, 15) is 14.4 Å². The Morgan fingerprint density at radius 2 is 1.68 bits per heavy atom. The van der Waals surface area contributed by atoms with Gasteiger partial charge >= 0.3 is 12.1 Å². The van der Waals surface area contributed by atoms with E-state index in [2.05, 4.69) is 15.6 Å². The largest absolute Gasteiger partial charge is 0.450 e. The van der Waals surface area contributed by atoms with Gasteiger partial charge in [0.15, 0.2) is 5.13 Å². The molecule has 3 rings (SSSR count). The van der Waals surface area contributed by atoms with Crippen LogP contribution in [0, 0.1) is 13.8 Å². The maximum absolute atomic E-state index is 12.5. The van der Waals surface area contributed by atoms with Gasteiger partial charge in [-0.2, -0.15) is 0 Å². The fraction of sp³-hybridized carbons (Fsp3) is 0.429. The van der Waals surface area contributed by atoms with E-state index in [4.69, 9.17) is 4.74 Å². The van der Waals surface area contributed by atoms with Gasteiger partial charge in [0.2, 0.25) is 5.91 Å². The van der Waals surface area contributed by atoms with Crippen LogP contribution in [0.4, 0.5) is 20.4 Å². The lowest BCUT2D eigenvalue weighted by atomic mass is 10.1. The van der Waals surface area contributed by atoms with Crippen molar-refractivity contribution in [2.24, 2.45) is 0 Å². The second-order valence-electron chi connectivity index (χ2n) is 7.35. The number of hydrogen-bond donors (Lipinski definition) is 2. The van der Waals surface area contributed by atoms with Crippen LogP contribution in [0.1, 0.15) is 23.7 Å². The molecule has 4 amide bonds. The van der Waals surface area contributed by atoms with E-state index in [-0.39, 0.29) is 24.5 Å². The molecule has 0 radical (unpaired) electrons. The SMILES string of the molecule is CCOC(=O)N1CCN(C(=O)Nc2nc(CC(=O)Nc3cc(C)cc(C)c3)cs2)CC1. The third-order valence-corrected chi connectivity index (χ3v) is 5.51. The molecule has 2 aromatic rings. The average molecular weight is 446 g/mol. The highest BCUT2D eigenvalue weighted by atomic mass is 32.1. The molecule has 2 heterocycles. The summed E-state index contributed by atoms with van der Waals surface area (Å²) in [5.74, 6) is -0.164. The number of piperazine rings is 1. The van der Waals surface area contributed by atoms with Crippen LogP contribution in [-0.2, 0) is 16.0 Å². The first-order valence-electron chi connectivity index (χ1n) is 10.1. The summed E-state index contributed by atoms with van der Waals surface area (Å²) in [5, 5.41) is 7.85. The number of benzene rings is 1. The lowest BCUT2D eigenvalue weighted by molar-refractivity contribution is -0.115. The number of urea groups is 1. The Morgan fingerprint density at radius 3 is 2.32 bits per heavy atom. The van der Waals surface area contributed by atoms with Crippen molar-refractivity contribution in [2.75, 3.05) is 43.4 Å². The van der Waals surface area contributed by atoms with Crippen molar-refractivity contribution in [3.05, 3.63) is 40.4 Å². The van der Waals surface area contributed by atoms with Crippen LogP contribution in [0.25, 0.3) is 0 Å². The number of hydrogen-bond acceptors (Lipinski definition) is 6. The highest BCUT2D eigenvalue weighted by Gasteiger charge is 2.25. The number of amides is 4. The molecule has 1 aromatic heterocycles. The summed E-state index contributed by atoms with van der Waals surface area (Å²) in [4.78, 5) is 44.1. The number of aromatic nitrogens is 1. The summed E-state index contributed by atoms with van der Waals surface area (Å²) >= 11 is 1.27. The van der Waals surface area contributed by atoms with Crippen LogP contribution in [0.2, 0.25) is 0 Å². The molecule has 9 nitrogen and oxygen atoms in total. The number of rotatable bonds is 5. The first-order chi connectivity index (χ1) is 14.8. The Hall–Kier alpha value is -3.14. The molecule has 1 aromatic carbocycles. The molecule has 31 heavy (non-hydrogen) atoms. The van der Waals surface area contributed by atoms with E-state index in [1.54, 1.807) is 22.1 Å². The molecule has 1 fully saturated rings. The van der Waals surface area contributed by atoms with Gasteiger partial charge in [0.05, 0.1) is 18.7 Å². The molecule has 0 saturated carbocycles. The molecule has 1 saturated heterocycles. The number of carbonyl (C=O) groups is 3. The molecule has 0 aliphatic carbocycles. The van der Waals surface area contributed by atoms with E-state index < -0.39 is 0 Å². The monoisotopic (exact) mass is 445 g/mol. The van der Waals surface area contributed by atoms with Gasteiger partial charge in [0.25, 0.3) is 0 Å². The number of ether oxygens (including phenoxy) is 1. The lowest BCUT2D eigenvalue weighted by Crippen LogP contribution is -2.51. The van der Waals surface area contributed by atoms with Crippen molar-refractivity contribution < 1.29 is 19.1 Å². The Morgan fingerprint density at radius 1 is 1.03 bits per heavy atom. The van der Waals surface area contributed by atoms with Gasteiger partial charge < -0.3 is 19.9 Å². The third kappa shape index (κ3) is 6.42. The van der Waals surface area contributed by atoms with Crippen LogP contribution >= 0.6 is 11.3 Å². The van der Waals surface area contributed by atoms with Crippen LogP contribution < -0.4 is 10.6 Å². The molecule has 1 aliphatic heterocycles. The van der Waals surface area contributed by atoms with Gasteiger partial charge in [-0.1, -0.05) is 6.07 Å². The number of anilines is 2. The molecular formula is C21H27N5O4S. The van der Waals surface area contributed by atoms with Crippen molar-refractivity contribution >= 4 is 40.2 Å². The summed E-state index contributed by atoms with van der Waals surface area (Å²) in [6.07, 6.45) is -0.233. The zero-order valence-electron chi connectivity index (χ0n) is 17.9. The van der Waals surface area contributed by atoms with Crippen LogP contribution in [0.5, 0.6) is 0 Å². The topological polar surface area (TPSA) is 104 Å². The standard InChI is InChI=1S/C21H27N5O4S/c1-4-30-21(29)26-7-5-25(6-8-26)20(28)24-19-23-17(13-31-19)12-18(27)22-16-10-14(2)9-15(3)11-16/h9-11,13H,4-8,12H2,1-3H3,(H,22,27)(H,23,24,28). The van der Waals surface area contributed by atoms with Gasteiger partial charge in [0, 0.05) is 37.2 Å². The first kappa shape index (κ1) is 22.5. The zero-order valence-corrected chi connectivity index (χ0v) is 18.8. The number of aryl methyl sites for hydroxylation is 2. The summed E-state index contributed by atoms with van der Waals surface area (Å²) in [7, 11) is 0. The van der Waals surface area contributed by atoms with Crippen molar-refractivity contribution in [1.29, 1.82) is 0 Å². The number of nitrogens with zero attached hydrogens (tertiary/aromatic N) is 3. The minimum Gasteiger partial charge on any atom is -0.450 e. The van der Waals surface area contributed by atoms with Crippen LogP contribution in [0.3, 0.4) is 0 Å². The minimum absolute atomic E-state index is 0.123. The summed E-state index contributed by atoms with van der Waals surface area (Å²) in [6.45, 7) is 7.74. The highest BCUT2D eigenvalue weighted by molar-refractivity contribution is 7.13.